The van der Waals surface area contributed by atoms with Crippen molar-refractivity contribution in [3.8, 4) is 6.07 Å². The quantitative estimate of drug-likeness (QED) is 0.172. The van der Waals surface area contributed by atoms with E-state index < -0.39 is 23.6 Å². The number of aliphatic imine (C=N–C) groups is 1. The molecule has 2 aromatic carbocycles. The van der Waals surface area contributed by atoms with E-state index in [0.717, 1.165) is 0 Å². The van der Waals surface area contributed by atoms with Crippen LogP contribution in [0.3, 0.4) is 0 Å². The summed E-state index contributed by atoms with van der Waals surface area (Å²) in [6, 6.07) is 12.4. The number of rotatable bonds is 10. The van der Waals surface area contributed by atoms with Gasteiger partial charge in [0.25, 0.3) is 6.47 Å². The molecule has 2 amide bonds. The van der Waals surface area contributed by atoms with E-state index in [9.17, 15) is 23.6 Å². The van der Waals surface area contributed by atoms with E-state index in [1.165, 1.54) is 11.1 Å². The Bertz CT molecular complexity index is 1140. The Kier molecular flexibility index (Phi) is 12.4. The molecule has 2 aromatic rings. The fraction of sp³-hybridized carbons (Fsp3) is 0.227. The van der Waals surface area contributed by atoms with Gasteiger partial charge in [0.2, 0.25) is 5.91 Å². The number of nitrogens with one attached hydrogen (secondary N) is 2. The van der Waals surface area contributed by atoms with E-state index in [0.29, 0.717) is 33.2 Å². The number of anilines is 1. The smallest absolute Gasteiger partial charge is 0.372 e. The van der Waals surface area contributed by atoms with Crippen LogP contribution >= 0.6 is 27.7 Å². The number of nitrogens with zero attached hydrogens (tertiary/aromatic N) is 3. The molecule has 0 fully saturated rings. The van der Waals surface area contributed by atoms with Crippen molar-refractivity contribution in [3.05, 3.63) is 52.8 Å². The number of carbonyl (C=O) groups is 3. The molecule has 0 saturated carbocycles. The van der Waals surface area contributed by atoms with Gasteiger partial charge in [-0.25, -0.2) is 0 Å². The molecule has 0 aliphatic carbocycles. The van der Waals surface area contributed by atoms with Crippen LogP contribution in [0, 0.1) is 11.3 Å². The Hall–Kier alpha value is -3.50. The number of thioether (sulfide) groups is 1. The highest BCUT2D eigenvalue weighted by Crippen LogP contribution is 2.37. The highest BCUT2D eigenvalue weighted by molar-refractivity contribution is 9.11. The Morgan fingerprint density at radius 1 is 1.29 bits per heavy atom. The van der Waals surface area contributed by atoms with Gasteiger partial charge in [0.15, 0.2) is 0 Å². The Balaban J connectivity index is 0.00000194. The van der Waals surface area contributed by atoms with Crippen molar-refractivity contribution >= 4 is 69.2 Å². The molecule has 35 heavy (non-hydrogen) atoms. The van der Waals surface area contributed by atoms with Crippen LogP contribution < -0.4 is 15.5 Å². The molecule has 3 N–H and O–H groups in total. The maximum atomic E-state index is 14.5. The zero-order valence-electron chi connectivity index (χ0n) is 18.5. The first-order valence-corrected chi connectivity index (χ1v) is 11.6. The second-order valence-corrected chi connectivity index (χ2v) is 8.26. The van der Waals surface area contributed by atoms with Crippen LogP contribution in [-0.2, 0) is 14.4 Å². The summed E-state index contributed by atoms with van der Waals surface area (Å²) in [5.74, 6) is -2.47. The topological polar surface area (TPSA) is 135 Å². The van der Waals surface area contributed by atoms with E-state index in [-0.39, 0.29) is 24.1 Å². The molecule has 2 rings (SSSR count). The Labute approximate surface area is 213 Å². The summed E-state index contributed by atoms with van der Waals surface area (Å²) in [7, 11) is 0. The number of nitriles is 1. The average molecular weight is 570 g/mol. The van der Waals surface area contributed by atoms with Crippen LogP contribution in [0.4, 0.5) is 14.5 Å². The number of amides is 2. The van der Waals surface area contributed by atoms with Crippen LogP contribution in [0.2, 0.25) is 0 Å². The first-order valence-electron chi connectivity index (χ1n) is 9.82. The number of likely N-dealkylation sites (N-methyl/N-ethyl adjacent to an activating group) is 1. The monoisotopic (exact) mass is 569 g/mol. The second kappa shape index (κ2) is 14.7. The minimum Gasteiger partial charge on any atom is -0.483 e. The highest BCUT2D eigenvalue weighted by Gasteiger charge is 2.40. The zero-order chi connectivity index (χ0) is 26.4. The van der Waals surface area contributed by atoms with Gasteiger partial charge < -0.3 is 20.6 Å². The summed E-state index contributed by atoms with van der Waals surface area (Å²) < 4.78 is 29.3. The summed E-state index contributed by atoms with van der Waals surface area (Å²) in [5, 5.41) is 18.1. The van der Waals surface area contributed by atoms with Crippen LogP contribution in [0.5, 0.6) is 0 Å². The number of halogens is 3. The molecule has 0 aromatic heterocycles. The van der Waals surface area contributed by atoms with E-state index in [1.54, 1.807) is 43.3 Å². The molecule has 0 radical (unpaired) electrons. The summed E-state index contributed by atoms with van der Waals surface area (Å²) in [6.07, 6.45) is 1.33. The van der Waals surface area contributed by atoms with E-state index in [1.807, 2.05) is 5.32 Å². The van der Waals surface area contributed by atoms with Gasteiger partial charge in [-0.2, -0.15) is 14.0 Å². The molecule has 0 spiro atoms. The zero-order valence-corrected chi connectivity index (χ0v) is 20.9. The van der Waals surface area contributed by atoms with Gasteiger partial charge in [-0.3, -0.25) is 19.4 Å². The average Bonchev–Trinajstić information content (AvgIpc) is 2.83. The first-order chi connectivity index (χ1) is 16.7. The van der Waals surface area contributed by atoms with Gasteiger partial charge >= 0.3 is 11.2 Å². The molecular weight excluding hydrogens is 548 g/mol. The molecule has 13 heteroatoms. The van der Waals surface area contributed by atoms with Crippen molar-refractivity contribution < 1.29 is 28.3 Å². The van der Waals surface area contributed by atoms with Crippen molar-refractivity contribution in [2.24, 2.45) is 4.99 Å². The molecule has 0 saturated heterocycles. The van der Waals surface area contributed by atoms with Crippen molar-refractivity contribution in [3.63, 3.8) is 0 Å². The lowest BCUT2D eigenvalue weighted by molar-refractivity contribution is -0.136. The minimum absolute atomic E-state index is 0.0784. The normalized spacial score (nSPS) is 10.9. The lowest BCUT2D eigenvalue weighted by atomic mass is 10.0. The van der Waals surface area contributed by atoms with E-state index in [4.69, 9.17) is 9.90 Å². The van der Waals surface area contributed by atoms with Crippen LogP contribution in [0.1, 0.15) is 12.5 Å². The molecule has 0 bridgehead atoms. The van der Waals surface area contributed by atoms with Crippen LogP contribution in [0.25, 0.3) is 10.8 Å². The lowest BCUT2D eigenvalue weighted by Gasteiger charge is -2.27. The predicted molar refractivity (Wildman–Crippen MR) is 135 cm³/mol. The molecule has 0 aliphatic rings. The fourth-order valence-electron chi connectivity index (χ4n) is 2.74. The number of hydrogen-bond acceptors (Lipinski definition) is 7. The molecular formula is C22H22BrF2N5O4S. The van der Waals surface area contributed by atoms with E-state index in [2.05, 4.69) is 39.0 Å². The van der Waals surface area contributed by atoms with Crippen molar-refractivity contribution in [1.82, 2.24) is 10.6 Å². The molecule has 0 aliphatic heterocycles. The second-order valence-electron chi connectivity index (χ2n) is 6.38. The van der Waals surface area contributed by atoms with Gasteiger partial charge in [-0.05, 0) is 41.7 Å². The number of hydrogen-bond donors (Lipinski definition) is 3. The van der Waals surface area contributed by atoms with Gasteiger partial charge in [0.1, 0.15) is 4.61 Å². The molecule has 0 atom stereocenters. The van der Waals surface area contributed by atoms with Gasteiger partial charge in [-0.1, -0.05) is 36.0 Å². The Morgan fingerprint density at radius 2 is 1.91 bits per heavy atom. The first kappa shape index (κ1) is 29.5. The summed E-state index contributed by atoms with van der Waals surface area (Å²) >= 11 is 3.39. The summed E-state index contributed by atoms with van der Waals surface area (Å²) in [5.41, 5.74) is 0.964. The standard InChI is InChI=1S/C21H20BrF2N5O2S.CH2O2/c1-3-27-19(30)12-28-20(31)21(23,24)32-13-29(18(22)11-26-2)17-9-8-14(10-25)15-6-4-5-7-16(15)17;2-1-3/h4-9,11H,2-3,12-13H2,1H3,(H,27,30)(H,28,31);1H,(H,2,3)/b18-11-;. The molecule has 186 valence electrons. The third-order valence-corrected chi connectivity index (χ3v) is 5.76. The summed E-state index contributed by atoms with van der Waals surface area (Å²) in [4.78, 5) is 36.9. The van der Waals surface area contributed by atoms with Crippen LogP contribution in [-0.4, -0.2) is 54.3 Å². The van der Waals surface area contributed by atoms with Crippen molar-refractivity contribution in [2.75, 3.05) is 23.9 Å². The van der Waals surface area contributed by atoms with Gasteiger partial charge in [-0.15, -0.1) is 0 Å². The molecule has 0 unspecified atom stereocenters. The largest absolute Gasteiger partial charge is 0.483 e. The van der Waals surface area contributed by atoms with Gasteiger partial charge in [0.05, 0.1) is 35.9 Å². The Morgan fingerprint density at radius 3 is 2.49 bits per heavy atom. The maximum absolute atomic E-state index is 14.5. The molecule has 0 heterocycles. The number of carboxylic acid groups (broad SMARTS) is 1. The van der Waals surface area contributed by atoms with E-state index >= 15 is 0 Å². The summed E-state index contributed by atoms with van der Waals surface area (Å²) in [6.45, 7) is 4.58. The minimum atomic E-state index is -3.80. The number of carbonyl (C=O) groups excluding carboxylic acids is 2. The fourth-order valence-corrected chi connectivity index (χ4v) is 4.14. The van der Waals surface area contributed by atoms with Crippen LogP contribution in [0.15, 0.2) is 52.2 Å². The number of fused-ring (bicyclic) bond motifs is 1. The maximum Gasteiger partial charge on any atom is 0.372 e. The number of benzene rings is 2. The number of alkyl halides is 2. The highest BCUT2D eigenvalue weighted by atomic mass is 79.9. The lowest BCUT2D eigenvalue weighted by Crippen LogP contribution is -2.44. The third-order valence-electron chi connectivity index (χ3n) is 4.19. The third kappa shape index (κ3) is 8.66. The van der Waals surface area contributed by atoms with Gasteiger partial charge in [0, 0.05) is 17.3 Å². The SMILES string of the molecule is C=N/C=C(/Br)N(CSC(F)(F)C(=O)NCC(=O)NCC)c1ccc(C#N)c2ccccc12.O=CO. The van der Waals surface area contributed by atoms with Crippen molar-refractivity contribution in [2.45, 2.75) is 12.2 Å². The molecule has 9 nitrogen and oxygen atoms in total. The predicted octanol–water partition coefficient (Wildman–Crippen LogP) is 3.65. The van der Waals surface area contributed by atoms with Crippen molar-refractivity contribution in [1.29, 1.82) is 5.26 Å².